The number of nitro groups is 1. The molecule has 0 saturated carbocycles. The minimum Gasteiger partial charge on any atom is -0.372 e. The summed E-state index contributed by atoms with van der Waals surface area (Å²) in [6.45, 7) is 0.322. The van der Waals surface area contributed by atoms with Crippen LogP contribution in [-0.2, 0) is 6.54 Å². The normalized spacial score (nSPS) is 10.2. The molecule has 0 spiro atoms. The van der Waals surface area contributed by atoms with Gasteiger partial charge in [-0.3, -0.25) is 10.1 Å². The first kappa shape index (κ1) is 11.4. The number of nitro benzene ring substituents is 1. The van der Waals surface area contributed by atoms with E-state index in [1.54, 1.807) is 18.2 Å². The van der Waals surface area contributed by atoms with E-state index in [4.69, 9.17) is 16.1 Å². The highest BCUT2D eigenvalue weighted by Gasteiger charge is 2.14. The largest absolute Gasteiger partial charge is 0.372 e. The van der Waals surface area contributed by atoms with Gasteiger partial charge in [0.15, 0.2) is 5.76 Å². The van der Waals surface area contributed by atoms with E-state index in [0.29, 0.717) is 23.0 Å². The van der Waals surface area contributed by atoms with Crippen LogP contribution in [0.15, 0.2) is 35.0 Å². The zero-order chi connectivity index (χ0) is 12.3. The van der Waals surface area contributed by atoms with Crippen molar-refractivity contribution in [3.05, 3.63) is 51.4 Å². The Balaban J connectivity index is 2.17. The Labute approximate surface area is 101 Å². The van der Waals surface area contributed by atoms with Gasteiger partial charge in [-0.15, -0.1) is 0 Å². The van der Waals surface area contributed by atoms with Crippen LogP contribution < -0.4 is 5.32 Å². The van der Waals surface area contributed by atoms with E-state index in [-0.39, 0.29) is 5.69 Å². The summed E-state index contributed by atoms with van der Waals surface area (Å²) in [6.07, 6.45) is 1.51. The van der Waals surface area contributed by atoms with Crippen molar-refractivity contribution in [2.24, 2.45) is 0 Å². The first-order valence-corrected chi connectivity index (χ1v) is 5.12. The summed E-state index contributed by atoms with van der Waals surface area (Å²) < 4.78 is 4.87. The van der Waals surface area contributed by atoms with Gasteiger partial charge in [-0.2, -0.15) is 0 Å². The standard InChI is InChI=1S/C10H8ClN3O3/c11-7-1-2-9(10(5-7)14(15)16)12-6-8-3-4-13-17-8/h1-5,12H,6H2. The van der Waals surface area contributed by atoms with Gasteiger partial charge in [0.25, 0.3) is 5.69 Å². The van der Waals surface area contributed by atoms with E-state index in [2.05, 4.69) is 10.5 Å². The lowest BCUT2D eigenvalue weighted by Crippen LogP contribution is -2.01. The maximum absolute atomic E-state index is 10.8. The Hall–Kier alpha value is -2.08. The second kappa shape index (κ2) is 4.84. The van der Waals surface area contributed by atoms with Gasteiger partial charge < -0.3 is 9.84 Å². The third kappa shape index (κ3) is 2.73. The van der Waals surface area contributed by atoms with Crippen molar-refractivity contribution in [3.63, 3.8) is 0 Å². The van der Waals surface area contributed by atoms with Crippen LogP contribution in [0, 0.1) is 10.1 Å². The zero-order valence-corrected chi connectivity index (χ0v) is 9.35. The van der Waals surface area contributed by atoms with Crippen LogP contribution >= 0.6 is 11.6 Å². The van der Waals surface area contributed by atoms with Crippen LogP contribution in [0.3, 0.4) is 0 Å². The third-order valence-electron chi connectivity index (χ3n) is 2.10. The zero-order valence-electron chi connectivity index (χ0n) is 8.59. The van der Waals surface area contributed by atoms with Gasteiger partial charge in [0.1, 0.15) is 5.69 Å². The number of anilines is 1. The van der Waals surface area contributed by atoms with Crippen molar-refractivity contribution in [1.82, 2.24) is 5.16 Å². The number of benzene rings is 1. The third-order valence-corrected chi connectivity index (χ3v) is 2.34. The van der Waals surface area contributed by atoms with Gasteiger partial charge in [-0.25, -0.2) is 0 Å². The number of aromatic nitrogens is 1. The summed E-state index contributed by atoms with van der Waals surface area (Å²) in [5.74, 6) is 0.592. The van der Waals surface area contributed by atoms with E-state index in [1.165, 1.54) is 12.3 Å². The molecule has 88 valence electrons. The highest BCUT2D eigenvalue weighted by Crippen LogP contribution is 2.27. The molecule has 0 amide bonds. The number of hydrogen-bond donors (Lipinski definition) is 1. The summed E-state index contributed by atoms with van der Waals surface area (Å²) in [6, 6.07) is 6.10. The maximum atomic E-state index is 10.8. The Bertz CT molecular complexity index is 528. The van der Waals surface area contributed by atoms with E-state index in [0.717, 1.165) is 0 Å². The molecule has 0 radical (unpaired) electrons. The molecule has 0 fully saturated rings. The average Bonchev–Trinajstić information content (AvgIpc) is 2.80. The van der Waals surface area contributed by atoms with Crippen LogP contribution in [0.25, 0.3) is 0 Å². The predicted molar refractivity (Wildman–Crippen MR) is 61.9 cm³/mol. The number of nitrogens with one attached hydrogen (secondary N) is 1. The monoisotopic (exact) mass is 253 g/mol. The molecule has 0 atom stereocenters. The molecule has 0 aliphatic carbocycles. The fourth-order valence-electron chi connectivity index (χ4n) is 1.32. The summed E-state index contributed by atoms with van der Waals surface area (Å²) in [5.41, 5.74) is 0.313. The van der Waals surface area contributed by atoms with Crippen molar-refractivity contribution < 1.29 is 9.45 Å². The van der Waals surface area contributed by atoms with Crippen molar-refractivity contribution in [3.8, 4) is 0 Å². The topological polar surface area (TPSA) is 81.2 Å². The van der Waals surface area contributed by atoms with E-state index < -0.39 is 4.92 Å². The Morgan fingerprint density at radius 1 is 1.47 bits per heavy atom. The van der Waals surface area contributed by atoms with Crippen molar-refractivity contribution in [1.29, 1.82) is 0 Å². The molecule has 1 N–H and O–H groups in total. The molecule has 1 aromatic carbocycles. The highest BCUT2D eigenvalue weighted by molar-refractivity contribution is 6.30. The first-order chi connectivity index (χ1) is 8.16. The van der Waals surface area contributed by atoms with E-state index in [9.17, 15) is 10.1 Å². The molecule has 1 heterocycles. The first-order valence-electron chi connectivity index (χ1n) is 4.74. The number of rotatable bonds is 4. The Morgan fingerprint density at radius 2 is 2.29 bits per heavy atom. The molecule has 6 nitrogen and oxygen atoms in total. The highest BCUT2D eigenvalue weighted by atomic mass is 35.5. The summed E-state index contributed by atoms with van der Waals surface area (Å²) in [5, 5.41) is 17.6. The van der Waals surface area contributed by atoms with Crippen LogP contribution in [0.1, 0.15) is 5.76 Å². The average molecular weight is 254 g/mol. The van der Waals surface area contributed by atoms with Crippen LogP contribution in [0.2, 0.25) is 5.02 Å². The van der Waals surface area contributed by atoms with Crippen molar-refractivity contribution in [2.45, 2.75) is 6.54 Å². The van der Waals surface area contributed by atoms with Gasteiger partial charge in [0.2, 0.25) is 0 Å². The van der Waals surface area contributed by atoms with Gasteiger partial charge >= 0.3 is 0 Å². The Kier molecular flexibility index (Phi) is 3.24. The molecule has 7 heteroatoms. The molecule has 0 unspecified atom stereocenters. The fraction of sp³-hybridized carbons (Fsp3) is 0.100. The van der Waals surface area contributed by atoms with Gasteiger partial charge in [-0.1, -0.05) is 16.8 Å². The minimum atomic E-state index is -0.491. The summed E-state index contributed by atoms with van der Waals surface area (Å²) >= 11 is 5.70. The molecule has 2 aromatic rings. The molecule has 0 saturated heterocycles. The summed E-state index contributed by atoms with van der Waals surface area (Å²) in [4.78, 5) is 10.3. The van der Waals surface area contributed by atoms with Gasteiger partial charge in [0, 0.05) is 17.2 Å². The number of nitrogens with zero attached hydrogens (tertiary/aromatic N) is 2. The van der Waals surface area contributed by atoms with Crippen LogP contribution in [0.4, 0.5) is 11.4 Å². The molecule has 17 heavy (non-hydrogen) atoms. The van der Waals surface area contributed by atoms with Gasteiger partial charge in [-0.05, 0) is 12.1 Å². The summed E-state index contributed by atoms with van der Waals surface area (Å²) in [7, 11) is 0. The molecule has 1 aromatic heterocycles. The number of halogens is 1. The van der Waals surface area contributed by atoms with Crippen LogP contribution in [0.5, 0.6) is 0 Å². The molecule has 0 aliphatic rings. The van der Waals surface area contributed by atoms with E-state index >= 15 is 0 Å². The SMILES string of the molecule is O=[N+]([O-])c1cc(Cl)ccc1NCc1ccno1. The van der Waals surface area contributed by atoms with Crippen molar-refractivity contribution >= 4 is 23.0 Å². The quantitative estimate of drug-likeness (QED) is 0.669. The second-order valence-electron chi connectivity index (χ2n) is 3.25. The smallest absolute Gasteiger partial charge is 0.293 e. The molecule has 0 bridgehead atoms. The predicted octanol–water partition coefficient (Wildman–Crippen LogP) is 2.85. The maximum Gasteiger partial charge on any atom is 0.293 e. The van der Waals surface area contributed by atoms with Crippen LogP contribution in [-0.4, -0.2) is 10.1 Å². The lowest BCUT2D eigenvalue weighted by atomic mass is 10.2. The van der Waals surface area contributed by atoms with Gasteiger partial charge in [0.05, 0.1) is 17.7 Å². The van der Waals surface area contributed by atoms with Crippen molar-refractivity contribution in [2.75, 3.05) is 5.32 Å². The lowest BCUT2D eigenvalue weighted by molar-refractivity contribution is -0.383. The lowest BCUT2D eigenvalue weighted by Gasteiger charge is -2.05. The Morgan fingerprint density at radius 3 is 2.94 bits per heavy atom. The number of hydrogen-bond acceptors (Lipinski definition) is 5. The second-order valence-corrected chi connectivity index (χ2v) is 3.69. The van der Waals surface area contributed by atoms with E-state index in [1.807, 2.05) is 0 Å². The fourth-order valence-corrected chi connectivity index (χ4v) is 1.49. The minimum absolute atomic E-state index is 0.0722. The molecular weight excluding hydrogens is 246 g/mol. The molecule has 0 aliphatic heterocycles. The molecular formula is C10H8ClN3O3. The molecule has 2 rings (SSSR count).